The third kappa shape index (κ3) is 2.29. The van der Waals surface area contributed by atoms with Gasteiger partial charge in [0.05, 0.1) is 6.10 Å². The van der Waals surface area contributed by atoms with Gasteiger partial charge in [0.2, 0.25) is 0 Å². The van der Waals surface area contributed by atoms with Crippen LogP contribution >= 0.6 is 0 Å². The Morgan fingerprint density at radius 2 is 1.62 bits per heavy atom. The zero-order chi connectivity index (χ0) is 14.2. The van der Waals surface area contributed by atoms with Crippen molar-refractivity contribution in [1.29, 1.82) is 0 Å². The summed E-state index contributed by atoms with van der Waals surface area (Å²) in [5.74, 6) is 1.37. The Morgan fingerprint density at radius 1 is 0.905 bits per heavy atom. The average Bonchev–Trinajstić information content (AvgIpc) is 3.33. The van der Waals surface area contributed by atoms with Gasteiger partial charge in [-0.15, -0.1) is 10.2 Å². The van der Waals surface area contributed by atoms with Crippen molar-refractivity contribution in [3.8, 4) is 17.0 Å². The van der Waals surface area contributed by atoms with Gasteiger partial charge < -0.3 is 10.5 Å². The van der Waals surface area contributed by atoms with E-state index in [9.17, 15) is 0 Å². The highest BCUT2D eigenvalue weighted by Crippen LogP contribution is 2.31. The average molecular weight is 277 g/mol. The van der Waals surface area contributed by atoms with E-state index >= 15 is 0 Å². The fourth-order valence-corrected chi connectivity index (χ4v) is 2.41. The van der Waals surface area contributed by atoms with E-state index in [0.29, 0.717) is 11.9 Å². The summed E-state index contributed by atoms with van der Waals surface area (Å²) in [7, 11) is 0. The van der Waals surface area contributed by atoms with Crippen LogP contribution in [0.15, 0.2) is 48.5 Å². The number of anilines is 1. The maximum atomic E-state index is 5.90. The summed E-state index contributed by atoms with van der Waals surface area (Å²) in [4.78, 5) is 0. The lowest BCUT2D eigenvalue weighted by Crippen LogP contribution is -1.98. The summed E-state index contributed by atoms with van der Waals surface area (Å²) < 4.78 is 5.77. The molecule has 0 atom stereocenters. The lowest BCUT2D eigenvalue weighted by Gasteiger charge is -2.08. The van der Waals surface area contributed by atoms with Crippen LogP contribution < -0.4 is 10.5 Å². The maximum absolute atomic E-state index is 5.90. The Hall–Kier alpha value is -2.62. The first-order valence-electron chi connectivity index (χ1n) is 7.09. The minimum absolute atomic E-state index is 0.410. The van der Waals surface area contributed by atoms with Gasteiger partial charge in [-0.3, -0.25) is 0 Å². The first kappa shape index (κ1) is 12.1. The van der Waals surface area contributed by atoms with Gasteiger partial charge in [-0.25, -0.2) is 0 Å². The Kier molecular flexibility index (Phi) is 2.74. The van der Waals surface area contributed by atoms with Gasteiger partial charge in [0.1, 0.15) is 11.4 Å². The summed E-state index contributed by atoms with van der Waals surface area (Å²) in [6.45, 7) is 0. The highest BCUT2D eigenvalue weighted by molar-refractivity contribution is 5.99. The normalized spacial score (nSPS) is 14.3. The molecule has 0 bridgehead atoms. The number of nitrogen functional groups attached to an aromatic ring is 1. The molecule has 1 aliphatic rings. The number of fused-ring (bicyclic) bond motifs is 1. The van der Waals surface area contributed by atoms with E-state index in [-0.39, 0.29) is 0 Å². The molecule has 104 valence electrons. The molecule has 0 spiro atoms. The van der Waals surface area contributed by atoms with Crippen molar-refractivity contribution in [2.24, 2.45) is 0 Å². The van der Waals surface area contributed by atoms with Crippen LogP contribution in [0.2, 0.25) is 0 Å². The zero-order valence-corrected chi connectivity index (χ0v) is 11.5. The van der Waals surface area contributed by atoms with Gasteiger partial charge in [-0.2, -0.15) is 0 Å². The van der Waals surface area contributed by atoms with E-state index in [4.69, 9.17) is 10.5 Å². The minimum atomic E-state index is 0.410. The van der Waals surface area contributed by atoms with Crippen molar-refractivity contribution in [1.82, 2.24) is 10.2 Å². The molecule has 1 aromatic heterocycles. The Labute approximate surface area is 122 Å². The van der Waals surface area contributed by atoms with Crippen LogP contribution in [0.25, 0.3) is 22.0 Å². The standard InChI is InChI=1S/C17H15N3O/c18-17-15-4-2-1-3-14(15)16(19-20-17)11-5-7-12(8-6-11)21-13-9-10-13/h1-8,13H,9-10H2,(H2,18,20). The summed E-state index contributed by atoms with van der Waals surface area (Å²) >= 11 is 0. The first-order valence-corrected chi connectivity index (χ1v) is 7.09. The molecule has 2 N–H and O–H groups in total. The highest BCUT2D eigenvalue weighted by atomic mass is 16.5. The molecule has 1 heterocycles. The van der Waals surface area contributed by atoms with Crippen LogP contribution in [0.5, 0.6) is 5.75 Å². The number of ether oxygens (including phenoxy) is 1. The van der Waals surface area contributed by atoms with Gasteiger partial charge in [-0.05, 0) is 37.1 Å². The number of rotatable bonds is 3. The molecule has 3 aromatic rings. The third-order valence-electron chi connectivity index (χ3n) is 3.67. The lowest BCUT2D eigenvalue weighted by atomic mass is 10.0. The van der Waals surface area contributed by atoms with E-state index in [1.165, 1.54) is 0 Å². The second-order valence-electron chi connectivity index (χ2n) is 5.32. The van der Waals surface area contributed by atoms with E-state index in [1.807, 2.05) is 48.5 Å². The molecular weight excluding hydrogens is 262 g/mol. The molecule has 0 amide bonds. The molecule has 0 radical (unpaired) electrons. The smallest absolute Gasteiger partial charge is 0.154 e. The fraction of sp³-hybridized carbons (Fsp3) is 0.176. The van der Waals surface area contributed by atoms with Crippen molar-refractivity contribution >= 4 is 16.6 Å². The molecule has 1 fully saturated rings. The number of hydrogen-bond acceptors (Lipinski definition) is 4. The number of aromatic nitrogens is 2. The van der Waals surface area contributed by atoms with Crippen molar-refractivity contribution < 1.29 is 4.74 Å². The molecule has 4 rings (SSSR count). The number of benzene rings is 2. The molecule has 0 saturated heterocycles. The lowest BCUT2D eigenvalue weighted by molar-refractivity contribution is 0.303. The monoisotopic (exact) mass is 277 g/mol. The Morgan fingerprint density at radius 3 is 2.33 bits per heavy atom. The van der Waals surface area contributed by atoms with Gasteiger partial charge in [0.15, 0.2) is 5.82 Å². The second kappa shape index (κ2) is 4.74. The van der Waals surface area contributed by atoms with Crippen LogP contribution in [0.4, 0.5) is 5.82 Å². The molecule has 2 aromatic carbocycles. The summed E-state index contributed by atoms with van der Waals surface area (Å²) in [5.41, 5.74) is 7.76. The van der Waals surface area contributed by atoms with Gasteiger partial charge in [0, 0.05) is 16.3 Å². The van der Waals surface area contributed by atoms with Crippen molar-refractivity contribution in [3.05, 3.63) is 48.5 Å². The predicted octanol–water partition coefficient (Wildman–Crippen LogP) is 3.42. The molecule has 4 nitrogen and oxygen atoms in total. The molecule has 1 saturated carbocycles. The molecular formula is C17H15N3O. The van der Waals surface area contributed by atoms with Crippen LogP contribution in [0, 0.1) is 0 Å². The molecule has 21 heavy (non-hydrogen) atoms. The topological polar surface area (TPSA) is 61.0 Å². The number of nitrogens with two attached hydrogens (primary N) is 1. The van der Waals surface area contributed by atoms with E-state index < -0.39 is 0 Å². The van der Waals surface area contributed by atoms with Crippen molar-refractivity contribution in [2.75, 3.05) is 5.73 Å². The van der Waals surface area contributed by atoms with Crippen LogP contribution in [-0.2, 0) is 0 Å². The first-order chi connectivity index (χ1) is 10.3. The summed E-state index contributed by atoms with van der Waals surface area (Å²) in [6.07, 6.45) is 2.74. The number of hydrogen-bond donors (Lipinski definition) is 1. The Balaban J connectivity index is 1.77. The second-order valence-corrected chi connectivity index (χ2v) is 5.32. The molecule has 4 heteroatoms. The van der Waals surface area contributed by atoms with Gasteiger partial charge >= 0.3 is 0 Å². The third-order valence-corrected chi connectivity index (χ3v) is 3.67. The largest absolute Gasteiger partial charge is 0.490 e. The van der Waals surface area contributed by atoms with E-state index in [2.05, 4.69) is 10.2 Å². The maximum Gasteiger partial charge on any atom is 0.154 e. The highest BCUT2D eigenvalue weighted by Gasteiger charge is 2.23. The van der Waals surface area contributed by atoms with Crippen molar-refractivity contribution in [2.45, 2.75) is 18.9 Å². The molecule has 0 aliphatic heterocycles. The van der Waals surface area contributed by atoms with Gasteiger partial charge in [-0.1, -0.05) is 24.3 Å². The van der Waals surface area contributed by atoms with Crippen LogP contribution in [0.1, 0.15) is 12.8 Å². The van der Waals surface area contributed by atoms with E-state index in [1.54, 1.807) is 0 Å². The van der Waals surface area contributed by atoms with Crippen molar-refractivity contribution in [3.63, 3.8) is 0 Å². The predicted molar refractivity (Wildman–Crippen MR) is 83.0 cm³/mol. The number of nitrogens with zero attached hydrogens (tertiary/aromatic N) is 2. The van der Waals surface area contributed by atoms with E-state index in [0.717, 1.165) is 40.6 Å². The molecule has 0 unspecified atom stereocenters. The summed E-state index contributed by atoms with van der Waals surface area (Å²) in [5, 5.41) is 10.3. The van der Waals surface area contributed by atoms with Crippen LogP contribution in [0.3, 0.4) is 0 Å². The summed E-state index contributed by atoms with van der Waals surface area (Å²) in [6, 6.07) is 15.9. The van der Waals surface area contributed by atoms with Crippen LogP contribution in [-0.4, -0.2) is 16.3 Å². The fourth-order valence-electron chi connectivity index (χ4n) is 2.41. The zero-order valence-electron chi connectivity index (χ0n) is 11.5. The molecule has 1 aliphatic carbocycles. The minimum Gasteiger partial charge on any atom is -0.490 e. The quantitative estimate of drug-likeness (QED) is 0.796. The Bertz CT molecular complexity index is 795. The van der Waals surface area contributed by atoms with Gasteiger partial charge in [0.25, 0.3) is 0 Å². The SMILES string of the molecule is Nc1nnc(-c2ccc(OC3CC3)cc2)c2ccccc12.